The molecule has 112 valence electrons. The molecule has 0 radical (unpaired) electrons. The Balaban J connectivity index is 2.35. The van der Waals surface area contributed by atoms with Crippen LogP contribution < -0.4 is 5.32 Å². The van der Waals surface area contributed by atoms with Gasteiger partial charge in [-0.1, -0.05) is 11.6 Å². The Labute approximate surface area is 124 Å². The minimum absolute atomic E-state index is 0.185. The van der Waals surface area contributed by atoms with Crippen molar-refractivity contribution in [1.29, 1.82) is 0 Å². The van der Waals surface area contributed by atoms with E-state index in [0.717, 1.165) is 12.3 Å². The van der Waals surface area contributed by atoms with E-state index in [4.69, 9.17) is 11.6 Å². The number of carboxylic acid groups (broad SMARTS) is 1. The van der Waals surface area contributed by atoms with Gasteiger partial charge in [0.2, 0.25) is 5.15 Å². The third kappa shape index (κ3) is 2.80. The molecule has 1 aliphatic carbocycles. The fourth-order valence-electron chi connectivity index (χ4n) is 2.08. The molecule has 1 fully saturated rings. The lowest BCUT2D eigenvalue weighted by molar-refractivity contribution is -0.385. The number of halogens is 1. The highest BCUT2D eigenvalue weighted by Gasteiger charge is 2.49. The molecule has 1 aliphatic rings. The summed E-state index contributed by atoms with van der Waals surface area (Å²) >= 11 is 5.63. The van der Waals surface area contributed by atoms with Crippen molar-refractivity contribution >= 4 is 29.2 Å². The van der Waals surface area contributed by atoms with Crippen LogP contribution in [0.3, 0.4) is 0 Å². The SMILES string of the molecule is CC(NC(=O)c1ccnc(Cl)c1[N+](=O)[O-])(C(=O)O)C1CC1. The van der Waals surface area contributed by atoms with Crippen LogP contribution in [0, 0.1) is 16.0 Å². The lowest BCUT2D eigenvalue weighted by Gasteiger charge is -2.26. The number of amides is 1. The number of nitrogens with zero attached hydrogens (tertiary/aromatic N) is 2. The molecule has 1 unspecified atom stereocenters. The first kappa shape index (κ1) is 15.2. The Morgan fingerprint density at radius 1 is 1.57 bits per heavy atom. The molecule has 1 aromatic heterocycles. The van der Waals surface area contributed by atoms with Crippen molar-refractivity contribution in [2.75, 3.05) is 0 Å². The number of carboxylic acids is 1. The second-order valence-corrected chi connectivity index (χ2v) is 5.35. The van der Waals surface area contributed by atoms with Crippen LogP contribution in [0.25, 0.3) is 0 Å². The van der Waals surface area contributed by atoms with Crippen LogP contribution in [-0.2, 0) is 4.79 Å². The summed E-state index contributed by atoms with van der Waals surface area (Å²) in [4.78, 5) is 37.3. The fraction of sp³-hybridized carbons (Fsp3) is 0.417. The van der Waals surface area contributed by atoms with Crippen molar-refractivity contribution in [1.82, 2.24) is 10.3 Å². The second-order valence-electron chi connectivity index (χ2n) is 4.99. The van der Waals surface area contributed by atoms with Gasteiger partial charge >= 0.3 is 11.7 Å². The van der Waals surface area contributed by atoms with Crippen LogP contribution in [0.4, 0.5) is 5.69 Å². The number of hydrogen-bond donors (Lipinski definition) is 2. The van der Waals surface area contributed by atoms with E-state index in [9.17, 15) is 24.8 Å². The van der Waals surface area contributed by atoms with Crippen LogP contribution in [0.1, 0.15) is 30.1 Å². The average molecular weight is 314 g/mol. The summed E-state index contributed by atoms with van der Waals surface area (Å²) in [5, 5.41) is 22.2. The van der Waals surface area contributed by atoms with Crippen molar-refractivity contribution in [3.05, 3.63) is 33.1 Å². The zero-order valence-electron chi connectivity index (χ0n) is 11.0. The van der Waals surface area contributed by atoms with Gasteiger partial charge in [-0.25, -0.2) is 9.78 Å². The van der Waals surface area contributed by atoms with Crippen molar-refractivity contribution in [2.45, 2.75) is 25.3 Å². The monoisotopic (exact) mass is 313 g/mol. The Morgan fingerprint density at radius 2 is 2.19 bits per heavy atom. The first-order valence-electron chi connectivity index (χ1n) is 6.12. The van der Waals surface area contributed by atoms with Gasteiger partial charge in [-0.2, -0.15) is 0 Å². The highest BCUT2D eigenvalue weighted by Crippen LogP contribution is 2.40. The van der Waals surface area contributed by atoms with Crippen molar-refractivity contribution in [2.24, 2.45) is 5.92 Å². The molecule has 8 nitrogen and oxygen atoms in total. The molecule has 1 amide bonds. The van der Waals surface area contributed by atoms with E-state index in [-0.39, 0.29) is 11.5 Å². The molecule has 9 heteroatoms. The number of carbonyl (C=O) groups excluding carboxylic acids is 1. The Bertz CT molecular complexity index is 631. The van der Waals surface area contributed by atoms with Gasteiger partial charge in [0.15, 0.2) is 0 Å². The van der Waals surface area contributed by atoms with E-state index in [2.05, 4.69) is 10.3 Å². The van der Waals surface area contributed by atoms with Gasteiger partial charge in [-0.3, -0.25) is 14.9 Å². The number of nitro groups is 1. The normalized spacial score (nSPS) is 16.9. The highest BCUT2D eigenvalue weighted by atomic mass is 35.5. The van der Waals surface area contributed by atoms with Crippen molar-refractivity contribution in [3.63, 3.8) is 0 Å². The molecule has 0 spiro atoms. The first-order chi connectivity index (χ1) is 9.77. The lowest BCUT2D eigenvalue weighted by Crippen LogP contribution is -2.54. The van der Waals surface area contributed by atoms with E-state index in [1.165, 1.54) is 6.92 Å². The quantitative estimate of drug-likeness (QED) is 0.484. The van der Waals surface area contributed by atoms with Crippen molar-refractivity contribution < 1.29 is 19.6 Å². The Morgan fingerprint density at radius 3 is 2.67 bits per heavy atom. The maximum absolute atomic E-state index is 12.2. The summed E-state index contributed by atoms with van der Waals surface area (Å²) in [7, 11) is 0. The molecule has 2 rings (SSSR count). The minimum atomic E-state index is -1.46. The molecule has 0 bridgehead atoms. The largest absolute Gasteiger partial charge is 0.480 e. The molecule has 2 N–H and O–H groups in total. The third-order valence-electron chi connectivity index (χ3n) is 3.52. The highest BCUT2D eigenvalue weighted by molar-refractivity contribution is 6.32. The van der Waals surface area contributed by atoms with Gasteiger partial charge < -0.3 is 10.4 Å². The predicted octanol–water partition coefficient (Wildman–Crippen LogP) is 1.63. The van der Waals surface area contributed by atoms with Gasteiger partial charge in [0.1, 0.15) is 11.1 Å². The zero-order valence-corrected chi connectivity index (χ0v) is 11.8. The number of pyridine rings is 1. The van der Waals surface area contributed by atoms with Crippen LogP contribution >= 0.6 is 11.6 Å². The number of nitrogens with one attached hydrogen (secondary N) is 1. The smallest absolute Gasteiger partial charge is 0.329 e. The molecular weight excluding hydrogens is 302 g/mol. The van der Waals surface area contributed by atoms with Crippen LogP contribution in [-0.4, -0.2) is 32.4 Å². The summed E-state index contributed by atoms with van der Waals surface area (Å²) in [6.07, 6.45) is 2.52. The van der Waals surface area contributed by atoms with E-state index in [0.29, 0.717) is 12.8 Å². The van der Waals surface area contributed by atoms with Crippen LogP contribution in [0.15, 0.2) is 12.3 Å². The molecular formula is C12H12ClN3O5. The summed E-state index contributed by atoms with van der Waals surface area (Å²) < 4.78 is 0. The van der Waals surface area contributed by atoms with Crippen molar-refractivity contribution in [3.8, 4) is 0 Å². The molecule has 0 saturated heterocycles. The van der Waals surface area contributed by atoms with Crippen LogP contribution in [0.5, 0.6) is 0 Å². The average Bonchev–Trinajstić information content (AvgIpc) is 3.21. The topological polar surface area (TPSA) is 122 Å². The number of rotatable bonds is 5. The maximum atomic E-state index is 12.2. The van der Waals surface area contributed by atoms with Gasteiger partial charge in [-0.15, -0.1) is 0 Å². The van der Waals surface area contributed by atoms with Gasteiger partial charge in [0.05, 0.1) is 4.92 Å². The summed E-state index contributed by atoms with van der Waals surface area (Å²) in [6, 6.07) is 1.13. The number of aromatic nitrogens is 1. The second kappa shape index (κ2) is 5.28. The fourth-order valence-corrected chi connectivity index (χ4v) is 2.31. The number of aliphatic carboxylic acids is 1. The molecule has 1 atom stereocenters. The van der Waals surface area contributed by atoms with Crippen LogP contribution in [0.2, 0.25) is 5.15 Å². The zero-order chi connectivity index (χ0) is 15.8. The first-order valence-corrected chi connectivity index (χ1v) is 6.50. The van der Waals surface area contributed by atoms with E-state index >= 15 is 0 Å². The van der Waals surface area contributed by atoms with E-state index < -0.39 is 33.2 Å². The van der Waals surface area contributed by atoms with Gasteiger partial charge in [0, 0.05) is 6.20 Å². The van der Waals surface area contributed by atoms with E-state index in [1.807, 2.05) is 0 Å². The Hall–Kier alpha value is -2.22. The van der Waals surface area contributed by atoms with Gasteiger partial charge in [0.25, 0.3) is 5.91 Å². The standard InChI is InChI=1S/C12H12ClN3O5/c1-12(11(18)19,6-2-3-6)15-10(17)7-4-5-14-9(13)8(7)16(20)21/h4-6H,2-3H2,1H3,(H,15,17)(H,18,19). The molecule has 1 aromatic rings. The summed E-state index contributed by atoms with van der Waals surface area (Å²) in [5.74, 6) is -2.22. The van der Waals surface area contributed by atoms with E-state index in [1.54, 1.807) is 0 Å². The number of hydrogen-bond acceptors (Lipinski definition) is 5. The molecule has 21 heavy (non-hydrogen) atoms. The van der Waals surface area contributed by atoms with Gasteiger partial charge in [-0.05, 0) is 31.7 Å². The third-order valence-corrected chi connectivity index (χ3v) is 3.79. The number of carbonyl (C=O) groups is 2. The summed E-state index contributed by atoms with van der Waals surface area (Å²) in [5.41, 5.74) is -2.41. The Kier molecular flexibility index (Phi) is 3.82. The molecule has 1 saturated carbocycles. The minimum Gasteiger partial charge on any atom is -0.480 e. The lowest BCUT2D eigenvalue weighted by atomic mass is 9.95. The molecule has 0 aliphatic heterocycles. The molecule has 0 aromatic carbocycles. The maximum Gasteiger partial charge on any atom is 0.329 e. The summed E-state index contributed by atoms with van der Waals surface area (Å²) in [6.45, 7) is 1.39. The molecule has 1 heterocycles. The predicted molar refractivity (Wildman–Crippen MR) is 72.1 cm³/mol.